The van der Waals surface area contributed by atoms with Crippen LogP contribution in [-0.4, -0.2) is 10.1 Å². The third-order valence-corrected chi connectivity index (χ3v) is 3.39. The predicted octanol–water partition coefficient (Wildman–Crippen LogP) is 4.03. The molecule has 0 aliphatic heterocycles. The maximum absolute atomic E-state index is 11.1. The largest absolute Gasteiger partial charge is 0.372 e. The molecule has 2 aromatic rings. The summed E-state index contributed by atoms with van der Waals surface area (Å²) in [6.45, 7) is 5.50. The third-order valence-electron chi connectivity index (χ3n) is 3.07. The van der Waals surface area contributed by atoms with Crippen LogP contribution in [0.15, 0.2) is 22.7 Å². The maximum atomic E-state index is 11.1. The lowest BCUT2D eigenvalue weighted by Gasteiger charge is -2.16. The quantitative estimate of drug-likeness (QED) is 0.680. The first-order valence-electron chi connectivity index (χ1n) is 6.04. The number of hydrogen-bond donors (Lipinski definition) is 1. The van der Waals surface area contributed by atoms with Gasteiger partial charge in [0.2, 0.25) is 0 Å². The fourth-order valence-electron chi connectivity index (χ4n) is 2.20. The zero-order chi connectivity index (χ0) is 14.9. The number of para-hydroxylation sites is 1. The van der Waals surface area contributed by atoms with Gasteiger partial charge in [0.15, 0.2) is 0 Å². The van der Waals surface area contributed by atoms with Crippen LogP contribution in [0.25, 0.3) is 0 Å². The zero-order valence-electron chi connectivity index (χ0n) is 11.3. The average molecular weight is 296 g/mol. The summed E-state index contributed by atoms with van der Waals surface area (Å²) in [6, 6.07) is 4.36. The zero-order valence-corrected chi connectivity index (χ0v) is 12.1. The SMILES string of the molecule is Cc1noc(C)c1C(C)Nc1c(Cl)cccc1[N+](=O)[O-]. The van der Waals surface area contributed by atoms with Gasteiger partial charge in [-0.2, -0.15) is 0 Å². The standard InChI is InChI=1S/C13H14ClN3O3/c1-7(12-8(2)16-20-9(12)3)15-13-10(14)5-4-6-11(13)17(18)19/h4-7,15H,1-3H3. The molecule has 1 heterocycles. The number of nitro benzene ring substituents is 1. The summed E-state index contributed by atoms with van der Waals surface area (Å²) in [7, 11) is 0. The van der Waals surface area contributed by atoms with E-state index in [1.807, 2.05) is 13.8 Å². The number of benzene rings is 1. The highest BCUT2D eigenvalue weighted by Gasteiger charge is 2.22. The minimum absolute atomic E-state index is 0.0592. The molecule has 1 N–H and O–H groups in total. The number of hydrogen-bond acceptors (Lipinski definition) is 5. The van der Waals surface area contributed by atoms with Gasteiger partial charge in [-0.25, -0.2) is 0 Å². The molecule has 6 nitrogen and oxygen atoms in total. The second-order valence-corrected chi connectivity index (χ2v) is 4.90. The molecule has 0 amide bonds. The fraction of sp³-hybridized carbons (Fsp3) is 0.308. The normalized spacial score (nSPS) is 12.2. The molecule has 1 unspecified atom stereocenters. The summed E-state index contributed by atoms with van der Waals surface area (Å²) in [5.74, 6) is 0.678. The Kier molecular flexibility index (Phi) is 3.94. The summed E-state index contributed by atoms with van der Waals surface area (Å²) >= 11 is 6.05. The van der Waals surface area contributed by atoms with E-state index in [9.17, 15) is 10.1 Å². The molecular weight excluding hydrogens is 282 g/mol. The van der Waals surface area contributed by atoms with Crippen molar-refractivity contribution in [2.45, 2.75) is 26.8 Å². The van der Waals surface area contributed by atoms with Crippen LogP contribution in [0.5, 0.6) is 0 Å². The highest BCUT2D eigenvalue weighted by molar-refractivity contribution is 6.33. The van der Waals surface area contributed by atoms with Crippen LogP contribution < -0.4 is 5.32 Å². The molecule has 0 bridgehead atoms. The van der Waals surface area contributed by atoms with Crippen LogP contribution in [-0.2, 0) is 0 Å². The van der Waals surface area contributed by atoms with E-state index in [4.69, 9.17) is 16.1 Å². The van der Waals surface area contributed by atoms with Crippen LogP contribution in [0.2, 0.25) is 5.02 Å². The number of aromatic nitrogens is 1. The Morgan fingerprint density at radius 1 is 1.45 bits per heavy atom. The third kappa shape index (κ3) is 2.60. The first-order valence-corrected chi connectivity index (χ1v) is 6.41. The lowest BCUT2D eigenvalue weighted by molar-refractivity contribution is -0.384. The summed E-state index contributed by atoms with van der Waals surface area (Å²) in [6.07, 6.45) is 0. The maximum Gasteiger partial charge on any atom is 0.293 e. The number of nitrogens with one attached hydrogen (secondary N) is 1. The number of aryl methyl sites for hydroxylation is 2. The summed E-state index contributed by atoms with van der Waals surface area (Å²) < 4.78 is 5.11. The number of anilines is 1. The van der Waals surface area contributed by atoms with Gasteiger partial charge in [-0.3, -0.25) is 10.1 Å². The monoisotopic (exact) mass is 295 g/mol. The van der Waals surface area contributed by atoms with Gasteiger partial charge in [0, 0.05) is 11.6 Å². The molecule has 0 saturated heterocycles. The highest BCUT2D eigenvalue weighted by atomic mass is 35.5. The minimum atomic E-state index is -0.464. The van der Waals surface area contributed by atoms with Crippen molar-refractivity contribution in [1.82, 2.24) is 5.16 Å². The smallest absolute Gasteiger partial charge is 0.293 e. The van der Waals surface area contributed by atoms with E-state index in [2.05, 4.69) is 10.5 Å². The fourth-order valence-corrected chi connectivity index (χ4v) is 2.43. The number of rotatable bonds is 4. The van der Waals surface area contributed by atoms with Gasteiger partial charge >= 0.3 is 0 Å². The van der Waals surface area contributed by atoms with Crippen molar-refractivity contribution in [2.75, 3.05) is 5.32 Å². The van der Waals surface area contributed by atoms with Crippen LogP contribution in [0.1, 0.15) is 30.0 Å². The Morgan fingerprint density at radius 3 is 2.70 bits per heavy atom. The van der Waals surface area contributed by atoms with Gasteiger partial charge in [-0.1, -0.05) is 22.8 Å². The molecule has 7 heteroatoms. The van der Waals surface area contributed by atoms with E-state index in [1.165, 1.54) is 6.07 Å². The minimum Gasteiger partial charge on any atom is -0.372 e. The van der Waals surface area contributed by atoms with Crippen molar-refractivity contribution in [1.29, 1.82) is 0 Å². The first-order chi connectivity index (χ1) is 9.41. The molecule has 0 aliphatic carbocycles. The molecule has 1 atom stereocenters. The second kappa shape index (κ2) is 5.50. The number of nitrogens with zero attached hydrogens (tertiary/aromatic N) is 2. The van der Waals surface area contributed by atoms with Crippen molar-refractivity contribution in [3.05, 3.63) is 50.4 Å². The Hall–Kier alpha value is -2.08. The summed E-state index contributed by atoms with van der Waals surface area (Å²) in [5.41, 5.74) is 1.86. The van der Waals surface area contributed by atoms with Crippen LogP contribution in [0.4, 0.5) is 11.4 Å². The van der Waals surface area contributed by atoms with E-state index in [1.54, 1.807) is 19.1 Å². The summed E-state index contributed by atoms with van der Waals surface area (Å²) in [5, 5.41) is 18.3. The predicted molar refractivity (Wildman–Crippen MR) is 76.1 cm³/mol. The molecule has 106 valence electrons. The van der Waals surface area contributed by atoms with E-state index < -0.39 is 4.92 Å². The Labute approximate surface area is 120 Å². The lowest BCUT2D eigenvalue weighted by Crippen LogP contribution is -2.10. The average Bonchev–Trinajstić information content (AvgIpc) is 2.71. The molecule has 20 heavy (non-hydrogen) atoms. The van der Waals surface area contributed by atoms with Gasteiger partial charge in [-0.15, -0.1) is 0 Å². The van der Waals surface area contributed by atoms with E-state index in [-0.39, 0.29) is 11.7 Å². The van der Waals surface area contributed by atoms with Crippen molar-refractivity contribution >= 4 is 23.0 Å². The molecular formula is C13H14ClN3O3. The topological polar surface area (TPSA) is 81.2 Å². The van der Waals surface area contributed by atoms with E-state index >= 15 is 0 Å². The van der Waals surface area contributed by atoms with Gasteiger partial charge in [0.1, 0.15) is 11.4 Å². The van der Waals surface area contributed by atoms with Crippen LogP contribution in [0, 0.1) is 24.0 Å². The lowest BCUT2D eigenvalue weighted by atomic mass is 10.1. The Morgan fingerprint density at radius 2 is 2.15 bits per heavy atom. The van der Waals surface area contributed by atoms with Crippen LogP contribution in [0.3, 0.4) is 0 Å². The van der Waals surface area contributed by atoms with Gasteiger partial charge < -0.3 is 9.84 Å². The summed E-state index contributed by atoms with van der Waals surface area (Å²) in [4.78, 5) is 10.6. The first kappa shape index (κ1) is 14.3. The van der Waals surface area contributed by atoms with Crippen molar-refractivity contribution in [2.24, 2.45) is 0 Å². The van der Waals surface area contributed by atoms with Gasteiger partial charge in [-0.05, 0) is 26.8 Å². The molecule has 0 saturated carbocycles. The Bertz CT molecular complexity index is 635. The van der Waals surface area contributed by atoms with Gasteiger partial charge in [0.25, 0.3) is 5.69 Å². The van der Waals surface area contributed by atoms with Crippen molar-refractivity contribution < 1.29 is 9.45 Å². The van der Waals surface area contributed by atoms with Gasteiger partial charge in [0.05, 0.1) is 21.7 Å². The second-order valence-electron chi connectivity index (χ2n) is 4.49. The molecule has 2 rings (SSSR count). The molecule has 0 spiro atoms. The number of halogens is 1. The molecule has 0 radical (unpaired) electrons. The van der Waals surface area contributed by atoms with Crippen LogP contribution >= 0.6 is 11.6 Å². The van der Waals surface area contributed by atoms with Crippen molar-refractivity contribution in [3.63, 3.8) is 0 Å². The molecule has 0 fully saturated rings. The highest BCUT2D eigenvalue weighted by Crippen LogP contribution is 2.35. The van der Waals surface area contributed by atoms with Crippen molar-refractivity contribution in [3.8, 4) is 0 Å². The molecule has 1 aromatic carbocycles. The molecule has 1 aromatic heterocycles. The van der Waals surface area contributed by atoms with E-state index in [0.717, 1.165) is 11.3 Å². The number of nitro groups is 1. The van der Waals surface area contributed by atoms with E-state index in [0.29, 0.717) is 16.5 Å². The Balaban J connectivity index is 2.38. The molecule has 0 aliphatic rings.